The van der Waals surface area contributed by atoms with Crippen molar-refractivity contribution < 1.29 is 51.5 Å². The van der Waals surface area contributed by atoms with Crippen molar-refractivity contribution in [1.82, 2.24) is 0 Å². The standard InChI is InChI=1S/C18H28O5S.Na/c1-2-3-4-5-6-7-8-9-10-18(19)17-13-11-16(12-14-17)15-23-24(20,21)22;/h11-14H,2-10,15H2,1H3,(H,20,21,22);/q;+1/p-1. The van der Waals surface area contributed by atoms with Crippen LogP contribution in [0, 0.1) is 0 Å². The quantitative estimate of drug-likeness (QED) is 0.170. The van der Waals surface area contributed by atoms with Crippen molar-refractivity contribution in [3.8, 4) is 0 Å². The fourth-order valence-electron chi connectivity index (χ4n) is 2.49. The first-order valence-electron chi connectivity index (χ1n) is 8.65. The molecule has 1 rings (SSSR count). The summed E-state index contributed by atoms with van der Waals surface area (Å²) in [5.41, 5.74) is 1.14. The van der Waals surface area contributed by atoms with Crippen LogP contribution in [0.3, 0.4) is 0 Å². The number of Topliss-reactive ketones (excluding diaryl/α,β-unsaturated/α-hetero) is 1. The minimum atomic E-state index is -4.69. The van der Waals surface area contributed by atoms with Gasteiger partial charge in [-0.25, -0.2) is 8.42 Å². The molecule has 0 atom stereocenters. The molecule has 1 aromatic rings. The van der Waals surface area contributed by atoms with E-state index in [1.807, 2.05) is 0 Å². The second-order valence-corrected chi connectivity index (χ2v) is 7.07. The van der Waals surface area contributed by atoms with E-state index in [1.165, 1.54) is 38.5 Å². The molecular formula is C18H27NaO5S. The Morgan fingerprint density at radius 3 is 2.00 bits per heavy atom. The zero-order chi connectivity index (χ0) is 17.8. The van der Waals surface area contributed by atoms with Crippen molar-refractivity contribution in [2.24, 2.45) is 0 Å². The molecule has 0 N–H and O–H groups in total. The summed E-state index contributed by atoms with van der Waals surface area (Å²) in [5.74, 6) is 0.0879. The number of ketones is 1. The Morgan fingerprint density at radius 1 is 0.960 bits per heavy atom. The van der Waals surface area contributed by atoms with E-state index in [-0.39, 0.29) is 41.9 Å². The largest absolute Gasteiger partial charge is 1.00 e. The van der Waals surface area contributed by atoms with Crippen LogP contribution in [0.4, 0.5) is 0 Å². The third-order valence-electron chi connectivity index (χ3n) is 3.90. The maximum absolute atomic E-state index is 12.1. The predicted molar refractivity (Wildman–Crippen MR) is 92.5 cm³/mol. The second kappa shape index (κ2) is 13.9. The summed E-state index contributed by atoms with van der Waals surface area (Å²) in [7, 11) is -4.69. The molecule has 0 unspecified atom stereocenters. The van der Waals surface area contributed by atoms with Gasteiger partial charge in [-0.1, -0.05) is 76.1 Å². The Labute approximate surface area is 173 Å². The van der Waals surface area contributed by atoms with E-state index in [9.17, 15) is 17.8 Å². The normalized spacial score (nSPS) is 11.1. The summed E-state index contributed by atoms with van der Waals surface area (Å²) < 4.78 is 35.4. The molecule has 7 heteroatoms. The third-order valence-corrected chi connectivity index (χ3v) is 4.31. The van der Waals surface area contributed by atoms with Crippen LogP contribution in [-0.4, -0.2) is 18.8 Å². The molecule has 0 amide bonds. The molecule has 1 aromatic carbocycles. The first-order chi connectivity index (χ1) is 11.4. The second-order valence-electron chi connectivity index (χ2n) is 6.02. The topological polar surface area (TPSA) is 83.5 Å². The zero-order valence-corrected chi connectivity index (χ0v) is 18.1. The van der Waals surface area contributed by atoms with Crippen molar-refractivity contribution in [3.05, 3.63) is 35.4 Å². The average Bonchev–Trinajstić information content (AvgIpc) is 2.55. The summed E-state index contributed by atoms with van der Waals surface area (Å²) >= 11 is 0. The number of hydrogen-bond acceptors (Lipinski definition) is 5. The van der Waals surface area contributed by atoms with E-state index >= 15 is 0 Å². The monoisotopic (exact) mass is 378 g/mol. The van der Waals surface area contributed by atoms with Crippen molar-refractivity contribution >= 4 is 16.2 Å². The van der Waals surface area contributed by atoms with Crippen LogP contribution >= 0.6 is 0 Å². The Kier molecular flexibility index (Phi) is 13.8. The van der Waals surface area contributed by atoms with Crippen LogP contribution in [0.5, 0.6) is 0 Å². The minimum absolute atomic E-state index is 0. The fraction of sp³-hybridized carbons (Fsp3) is 0.611. The van der Waals surface area contributed by atoms with Crippen molar-refractivity contribution in [3.63, 3.8) is 0 Å². The van der Waals surface area contributed by atoms with Gasteiger partial charge in [-0.3, -0.25) is 8.98 Å². The number of unbranched alkanes of at least 4 members (excludes halogenated alkanes) is 7. The van der Waals surface area contributed by atoms with Gasteiger partial charge in [0.15, 0.2) is 5.78 Å². The van der Waals surface area contributed by atoms with Gasteiger partial charge in [0.1, 0.15) is 0 Å². The number of carbonyl (C=O) groups excluding carboxylic acids is 1. The molecule has 0 bridgehead atoms. The molecule has 0 saturated heterocycles. The van der Waals surface area contributed by atoms with E-state index in [2.05, 4.69) is 11.1 Å². The molecule has 0 spiro atoms. The van der Waals surface area contributed by atoms with E-state index in [4.69, 9.17) is 0 Å². The van der Waals surface area contributed by atoms with Gasteiger partial charge in [0, 0.05) is 12.0 Å². The van der Waals surface area contributed by atoms with E-state index in [0.29, 0.717) is 17.5 Å². The molecule has 0 aliphatic heterocycles. The van der Waals surface area contributed by atoms with Crippen LogP contribution in [0.15, 0.2) is 24.3 Å². The van der Waals surface area contributed by atoms with Crippen LogP contribution < -0.4 is 29.6 Å². The SMILES string of the molecule is CCCCCCCCCCC(=O)c1ccc(COS(=O)(=O)[O-])cc1.[Na+]. The van der Waals surface area contributed by atoms with Gasteiger partial charge in [0.25, 0.3) is 0 Å². The fourth-order valence-corrected chi connectivity index (χ4v) is 2.77. The third kappa shape index (κ3) is 12.7. The summed E-state index contributed by atoms with van der Waals surface area (Å²) in [6.07, 6.45) is 10.1. The molecule has 0 saturated carbocycles. The molecule has 0 fully saturated rings. The van der Waals surface area contributed by atoms with Crippen LogP contribution in [0.25, 0.3) is 0 Å². The maximum Gasteiger partial charge on any atom is 1.00 e. The molecule has 0 aromatic heterocycles. The van der Waals surface area contributed by atoms with Crippen LogP contribution in [0.2, 0.25) is 0 Å². The summed E-state index contributed by atoms with van der Waals surface area (Å²) in [6.45, 7) is 1.90. The summed E-state index contributed by atoms with van der Waals surface area (Å²) in [4.78, 5) is 12.1. The van der Waals surface area contributed by atoms with Crippen LogP contribution in [-0.2, 0) is 21.2 Å². The zero-order valence-electron chi connectivity index (χ0n) is 15.3. The molecular weight excluding hydrogens is 351 g/mol. The van der Waals surface area contributed by atoms with Gasteiger partial charge in [-0.15, -0.1) is 0 Å². The molecule has 0 aliphatic carbocycles. The van der Waals surface area contributed by atoms with Crippen molar-refractivity contribution in [2.45, 2.75) is 71.3 Å². The van der Waals surface area contributed by atoms with E-state index < -0.39 is 10.4 Å². The predicted octanol–water partition coefficient (Wildman–Crippen LogP) is 1.38. The Balaban J connectivity index is 0.00000576. The van der Waals surface area contributed by atoms with Gasteiger partial charge < -0.3 is 4.55 Å². The van der Waals surface area contributed by atoms with Gasteiger partial charge in [0.05, 0.1) is 6.61 Å². The van der Waals surface area contributed by atoms with Crippen LogP contribution in [0.1, 0.15) is 80.6 Å². The molecule has 0 aliphatic rings. The molecule has 0 radical (unpaired) electrons. The Morgan fingerprint density at radius 2 is 1.48 bits per heavy atom. The molecule has 25 heavy (non-hydrogen) atoms. The van der Waals surface area contributed by atoms with Crippen molar-refractivity contribution in [1.29, 1.82) is 0 Å². The number of rotatable bonds is 13. The average molecular weight is 378 g/mol. The van der Waals surface area contributed by atoms with E-state index in [1.54, 1.807) is 24.3 Å². The molecule has 5 nitrogen and oxygen atoms in total. The number of benzene rings is 1. The van der Waals surface area contributed by atoms with Gasteiger partial charge in [-0.05, 0) is 12.0 Å². The Hall–Kier alpha value is -0.240. The van der Waals surface area contributed by atoms with E-state index in [0.717, 1.165) is 12.8 Å². The number of hydrogen-bond donors (Lipinski definition) is 0. The smallest absolute Gasteiger partial charge is 0.726 e. The van der Waals surface area contributed by atoms with Gasteiger partial charge >= 0.3 is 29.6 Å². The minimum Gasteiger partial charge on any atom is -0.726 e. The first kappa shape index (κ1) is 24.8. The molecule has 0 heterocycles. The molecule has 136 valence electrons. The first-order valence-corrected chi connectivity index (χ1v) is 9.98. The summed E-state index contributed by atoms with van der Waals surface area (Å²) in [6, 6.07) is 6.49. The van der Waals surface area contributed by atoms with Crippen molar-refractivity contribution in [2.75, 3.05) is 0 Å². The maximum atomic E-state index is 12.1. The summed E-state index contributed by atoms with van der Waals surface area (Å²) in [5, 5.41) is 0. The van der Waals surface area contributed by atoms with Gasteiger partial charge in [-0.2, -0.15) is 0 Å². The Bertz CT molecular complexity index is 584. The number of carbonyl (C=O) groups is 1. The van der Waals surface area contributed by atoms with Gasteiger partial charge in [0.2, 0.25) is 10.4 Å².